The second-order valence-electron chi connectivity index (χ2n) is 4.25. The maximum absolute atomic E-state index is 6.08. The third-order valence-corrected chi connectivity index (χ3v) is 3.34. The summed E-state index contributed by atoms with van der Waals surface area (Å²) in [6.45, 7) is 0. The van der Waals surface area contributed by atoms with Gasteiger partial charge in [0.05, 0.1) is 12.6 Å². The summed E-state index contributed by atoms with van der Waals surface area (Å²) in [5.74, 6) is 0.847. The number of methoxy groups -OCH3 is 1. The number of fused-ring (bicyclic) bond motifs is 1. The highest BCUT2D eigenvalue weighted by molar-refractivity contribution is 6.31. The normalized spacial score (nSPS) is 10.6. The maximum Gasteiger partial charge on any atom is 0.118 e. The first-order valence-electron chi connectivity index (χ1n) is 5.96. The quantitative estimate of drug-likeness (QED) is 0.680. The largest absolute Gasteiger partial charge is 0.497 e. The molecule has 19 heavy (non-hydrogen) atoms. The van der Waals surface area contributed by atoms with Gasteiger partial charge in [0.1, 0.15) is 5.75 Å². The Morgan fingerprint density at radius 2 is 1.79 bits per heavy atom. The van der Waals surface area contributed by atoms with Gasteiger partial charge in [-0.1, -0.05) is 23.7 Å². The highest BCUT2D eigenvalue weighted by Crippen LogP contribution is 2.30. The van der Waals surface area contributed by atoms with E-state index in [0.29, 0.717) is 0 Å². The van der Waals surface area contributed by atoms with Crippen LogP contribution < -0.4 is 4.74 Å². The molecule has 2 aromatic carbocycles. The summed E-state index contributed by atoms with van der Waals surface area (Å²) in [7, 11) is 1.66. The third-order valence-electron chi connectivity index (χ3n) is 3.10. The monoisotopic (exact) mass is 269 g/mol. The van der Waals surface area contributed by atoms with Gasteiger partial charge in [0.2, 0.25) is 0 Å². The molecule has 1 aromatic heterocycles. The van der Waals surface area contributed by atoms with E-state index in [9.17, 15) is 0 Å². The van der Waals surface area contributed by atoms with Gasteiger partial charge in [-0.2, -0.15) is 0 Å². The Kier molecular flexibility index (Phi) is 3.10. The molecule has 0 N–H and O–H groups in total. The van der Waals surface area contributed by atoms with Crippen molar-refractivity contribution in [2.45, 2.75) is 0 Å². The van der Waals surface area contributed by atoms with Crippen LogP contribution in [0.2, 0.25) is 5.02 Å². The molecule has 0 unspecified atom stereocenters. The van der Waals surface area contributed by atoms with Crippen LogP contribution in [0, 0.1) is 0 Å². The number of hydrogen-bond donors (Lipinski definition) is 0. The third kappa shape index (κ3) is 2.27. The van der Waals surface area contributed by atoms with Crippen LogP contribution in [-0.4, -0.2) is 12.1 Å². The lowest BCUT2D eigenvalue weighted by Crippen LogP contribution is -1.86. The summed E-state index contributed by atoms with van der Waals surface area (Å²) in [5.41, 5.74) is 3.18. The molecule has 0 aliphatic rings. The first-order valence-corrected chi connectivity index (χ1v) is 6.34. The van der Waals surface area contributed by atoms with Crippen LogP contribution >= 0.6 is 11.6 Å². The molecular formula is C16H12ClNO. The molecule has 0 bridgehead atoms. The van der Waals surface area contributed by atoms with Crippen molar-refractivity contribution in [2.75, 3.05) is 7.11 Å². The predicted molar refractivity (Wildman–Crippen MR) is 78.7 cm³/mol. The molecule has 0 radical (unpaired) electrons. The van der Waals surface area contributed by atoms with Crippen molar-refractivity contribution in [3.05, 3.63) is 59.8 Å². The molecule has 0 aliphatic heterocycles. The van der Waals surface area contributed by atoms with E-state index in [0.717, 1.165) is 32.8 Å². The number of benzene rings is 2. The van der Waals surface area contributed by atoms with Gasteiger partial charge in [-0.05, 0) is 47.5 Å². The first kappa shape index (κ1) is 12.0. The van der Waals surface area contributed by atoms with Crippen LogP contribution in [0.25, 0.3) is 22.0 Å². The summed E-state index contributed by atoms with van der Waals surface area (Å²) < 4.78 is 5.18. The summed E-state index contributed by atoms with van der Waals surface area (Å²) in [4.78, 5) is 4.36. The van der Waals surface area contributed by atoms with Crippen molar-refractivity contribution in [1.82, 2.24) is 4.98 Å². The van der Waals surface area contributed by atoms with Crippen LogP contribution in [0.15, 0.2) is 54.7 Å². The van der Waals surface area contributed by atoms with Crippen molar-refractivity contribution in [1.29, 1.82) is 0 Å². The van der Waals surface area contributed by atoms with Crippen LogP contribution in [0.4, 0.5) is 0 Å². The number of hydrogen-bond acceptors (Lipinski definition) is 2. The van der Waals surface area contributed by atoms with E-state index in [-0.39, 0.29) is 0 Å². The molecular weight excluding hydrogens is 258 g/mol. The zero-order chi connectivity index (χ0) is 13.2. The fraction of sp³-hybridized carbons (Fsp3) is 0.0625. The number of pyridine rings is 1. The van der Waals surface area contributed by atoms with Gasteiger partial charge in [-0.3, -0.25) is 4.98 Å². The molecule has 0 fully saturated rings. The Morgan fingerprint density at radius 3 is 2.53 bits per heavy atom. The summed E-state index contributed by atoms with van der Waals surface area (Å²) in [6.07, 6.45) is 1.82. The molecule has 1 heterocycles. The van der Waals surface area contributed by atoms with Crippen molar-refractivity contribution >= 4 is 22.5 Å². The zero-order valence-electron chi connectivity index (χ0n) is 10.4. The SMILES string of the molecule is COc1ccc(-c2ccnc3ccc(Cl)cc23)cc1. The first-order chi connectivity index (χ1) is 9.28. The summed E-state index contributed by atoms with van der Waals surface area (Å²) >= 11 is 6.08. The van der Waals surface area contributed by atoms with Crippen LogP contribution in [-0.2, 0) is 0 Å². The lowest BCUT2D eigenvalue weighted by atomic mass is 10.0. The van der Waals surface area contributed by atoms with Gasteiger partial charge in [0.25, 0.3) is 0 Å². The minimum atomic E-state index is 0.718. The van der Waals surface area contributed by atoms with Gasteiger partial charge in [0, 0.05) is 16.6 Å². The molecule has 3 heteroatoms. The molecule has 0 amide bonds. The van der Waals surface area contributed by atoms with E-state index in [2.05, 4.69) is 4.98 Å². The minimum absolute atomic E-state index is 0.718. The van der Waals surface area contributed by atoms with Gasteiger partial charge in [-0.25, -0.2) is 0 Å². The second kappa shape index (κ2) is 4.90. The molecule has 0 saturated heterocycles. The molecule has 0 spiro atoms. The molecule has 0 aliphatic carbocycles. The Morgan fingerprint density at radius 1 is 1.00 bits per heavy atom. The van der Waals surface area contributed by atoms with Crippen molar-refractivity contribution in [3.63, 3.8) is 0 Å². The van der Waals surface area contributed by atoms with E-state index in [1.807, 2.05) is 54.7 Å². The van der Waals surface area contributed by atoms with Crippen molar-refractivity contribution < 1.29 is 4.74 Å². The topological polar surface area (TPSA) is 22.1 Å². The number of aromatic nitrogens is 1. The van der Waals surface area contributed by atoms with Crippen LogP contribution in [0.3, 0.4) is 0 Å². The van der Waals surface area contributed by atoms with Gasteiger partial charge in [-0.15, -0.1) is 0 Å². The van der Waals surface area contributed by atoms with E-state index in [1.54, 1.807) is 7.11 Å². The Balaban J connectivity index is 2.20. The smallest absolute Gasteiger partial charge is 0.118 e. The highest BCUT2D eigenvalue weighted by Gasteiger charge is 2.05. The van der Waals surface area contributed by atoms with E-state index < -0.39 is 0 Å². The van der Waals surface area contributed by atoms with E-state index >= 15 is 0 Å². The average molecular weight is 270 g/mol. The van der Waals surface area contributed by atoms with E-state index in [4.69, 9.17) is 16.3 Å². The number of nitrogens with zero attached hydrogens (tertiary/aromatic N) is 1. The highest BCUT2D eigenvalue weighted by atomic mass is 35.5. The fourth-order valence-electron chi connectivity index (χ4n) is 2.14. The maximum atomic E-state index is 6.08. The fourth-order valence-corrected chi connectivity index (χ4v) is 2.31. The van der Waals surface area contributed by atoms with E-state index in [1.165, 1.54) is 0 Å². The van der Waals surface area contributed by atoms with Crippen molar-refractivity contribution in [2.24, 2.45) is 0 Å². The van der Waals surface area contributed by atoms with Gasteiger partial charge < -0.3 is 4.74 Å². The summed E-state index contributed by atoms with van der Waals surface area (Å²) in [5, 5.41) is 1.77. The Bertz CT molecular complexity index is 722. The number of halogens is 1. The van der Waals surface area contributed by atoms with Crippen molar-refractivity contribution in [3.8, 4) is 16.9 Å². The second-order valence-corrected chi connectivity index (χ2v) is 4.68. The molecule has 0 atom stereocenters. The number of ether oxygens (including phenoxy) is 1. The zero-order valence-corrected chi connectivity index (χ0v) is 11.2. The van der Waals surface area contributed by atoms with Gasteiger partial charge >= 0.3 is 0 Å². The molecule has 3 aromatic rings. The minimum Gasteiger partial charge on any atom is -0.497 e. The molecule has 3 rings (SSSR count). The lowest BCUT2D eigenvalue weighted by Gasteiger charge is -2.07. The molecule has 0 saturated carbocycles. The van der Waals surface area contributed by atoms with Gasteiger partial charge in [0.15, 0.2) is 0 Å². The predicted octanol–water partition coefficient (Wildman–Crippen LogP) is 4.56. The number of rotatable bonds is 2. The molecule has 2 nitrogen and oxygen atoms in total. The lowest BCUT2D eigenvalue weighted by molar-refractivity contribution is 0.415. The Labute approximate surface area is 116 Å². The Hall–Kier alpha value is -2.06. The molecule has 94 valence electrons. The summed E-state index contributed by atoms with van der Waals surface area (Å²) in [6, 6.07) is 15.7. The average Bonchev–Trinajstić information content (AvgIpc) is 2.47. The van der Waals surface area contributed by atoms with Crippen LogP contribution in [0.1, 0.15) is 0 Å². The van der Waals surface area contributed by atoms with Crippen LogP contribution in [0.5, 0.6) is 5.75 Å². The standard InChI is InChI=1S/C16H12ClNO/c1-19-13-5-2-11(3-6-13)14-8-9-18-16-7-4-12(17)10-15(14)16/h2-10H,1H3.